The fourth-order valence-corrected chi connectivity index (χ4v) is 3.54. The maximum atomic E-state index is 9.18. The molecule has 1 unspecified atom stereocenters. The Labute approximate surface area is 99.1 Å². The summed E-state index contributed by atoms with van der Waals surface area (Å²) >= 11 is 0. The first-order valence-electron chi connectivity index (χ1n) is 7.12. The van der Waals surface area contributed by atoms with Crippen LogP contribution in [-0.2, 0) is 0 Å². The predicted molar refractivity (Wildman–Crippen MR) is 66.4 cm³/mol. The van der Waals surface area contributed by atoms with Crippen LogP contribution in [0.5, 0.6) is 0 Å². The van der Waals surface area contributed by atoms with Gasteiger partial charge in [0.1, 0.15) is 0 Å². The van der Waals surface area contributed by atoms with E-state index in [1.165, 1.54) is 64.2 Å². The summed E-state index contributed by atoms with van der Waals surface area (Å²) in [5.74, 6) is 1.41. The van der Waals surface area contributed by atoms with Crippen molar-refractivity contribution in [2.75, 3.05) is 0 Å². The molecule has 0 radical (unpaired) electrons. The monoisotopic (exact) mass is 220 g/mol. The van der Waals surface area contributed by atoms with Crippen molar-refractivity contribution in [1.29, 1.82) is 0 Å². The summed E-state index contributed by atoms with van der Waals surface area (Å²) in [6, 6.07) is 0. The lowest BCUT2D eigenvalue weighted by molar-refractivity contribution is -0.0191. The van der Waals surface area contributed by atoms with Crippen LogP contribution in [0.4, 0.5) is 0 Å². The molecule has 90 valence electrons. The SMILES string of the molecule is [N-]=[N+]=C1CCCCCC1C1CCCCCC1. The van der Waals surface area contributed by atoms with Crippen LogP contribution in [0.15, 0.2) is 0 Å². The summed E-state index contributed by atoms with van der Waals surface area (Å²) < 4.78 is 0. The smallest absolute Gasteiger partial charge is 0.272 e. The third-order valence-electron chi connectivity index (χ3n) is 4.47. The Morgan fingerprint density at radius 3 is 2.12 bits per heavy atom. The number of hydrogen-bond donors (Lipinski definition) is 0. The van der Waals surface area contributed by atoms with Crippen molar-refractivity contribution < 1.29 is 4.79 Å². The highest BCUT2D eigenvalue weighted by molar-refractivity contribution is 5.82. The first-order chi connectivity index (χ1) is 7.92. The fraction of sp³-hybridized carbons (Fsp3) is 0.929. The van der Waals surface area contributed by atoms with Crippen LogP contribution >= 0.6 is 0 Å². The lowest BCUT2D eigenvalue weighted by Gasteiger charge is -2.21. The van der Waals surface area contributed by atoms with Crippen LogP contribution in [0.1, 0.15) is 70.6 Å². The zero-order valence-electron chi connectivity index (χ0n) is 10.3. The fourth-order valence-electron chi connectivity index (χ4n) is 3.54. The average molecular weight is 220 g/mol. The van der Waals surface area contributed by atoms with Gasteiger partial charge < -0.3 is 5.53 Å². The van der Waals surface area contributed by atoms with Crippen LogP contribution in [0, 0.1) is 11.8 Å². The molecule has 0 bridgehead atoms. The largest absolute Gasteiger partial charge is 0.362 e. The normalized spacial score (nSPS) is 29.2. The van der Waals surface area contributed by atoms with Crippen molar-refractivity contribution in [3.63, 3.8) is 0 Å². The van der Waals surface area contributed by atoms with Crippen molar-refractivity contribution in [3.8, 4) is 0 Å². The molecule has 1 atom stereocenters. The van der Waals surface area contributed by atoms with Crippen molar-refractivity contribution in [2.45, 2.75) is 70.6 Å². The highest BCUT2D eigenvalue weighted by Gasteiger charge is 2.32. The lowest BCUT2D eigenvalue weighted by atomic mass is 9.80. The van der Waals surface area contributed by atoms with Crippen LogP contribution in [-0.4, -0.2) is 10.5 Å². The second kappa shape index (κ2) is 6.20. The van der Waals surface area contributed by atoms with Crippen LogP contribution in [0.2, 0.25) is 0 Å². The predicted octanol–water partition coefficient (Wildman–Crippen LogP) is 4.21. The van der Waals surface area contributed by atoms with Gasteiger partial charge in [-0.05, 0) is 31.6 Å². The third-order valence-corrected chi connectivity index (χ3v) is 4.47. The Hall–Kier alpha value is -0.620. The summed E-state index contributed by atoms with van der Waals surface area (Å²) in [7, 11) is 0. The van der Waals surface area contributed by atoms with Crippen molar-refractivity contribution in [3.05, 3.63) is 5.53 Å². The molecule has 0 saturated heterocycles. The van der Waals surface area contributed by atoms with Gasteiger partial charge in [-0.15, -0.1) is 0 Å². The van der Waals surface area contributed by atoms with Gasteiger partial charge in [0.15, 0.2) is 0 Å². The highest BCUT2D eigenvalue weighted by Crippen LogP contribution is 2.34. The maximum Gasteiger partial charge on any atom is 0.272 e. The Bertz CT molecular complexity index is 258. The van der Waals surface area contributed by atoms with E-state index >= 15 is 0 Å². The third kappa shape index (κ3) is 2.95. The topological polar surface area (TPSA) is 36.4 Å². The van der Waals surface area contributed by atoms with E-state index in [0.29, 0.717) is 5.92 Å². The molecule has 2 rings (SSSR count). The number of rotatable bonds is 1. The summed E-state index contributed by atoms with van der Waals surface area (Å²) in [5, 5.41) is 0. The Morgan fingerprint density at radius 2 is 1.44 bits per heavy atom. The van der Waals surface area contributed by atoms with E-state index < -0.39 is 0 Å². The van der Waals surface area contributed by atoms with E-state index in [2.05, 4.69) is 4.79 Å². The minimum atomic E-state index is 0.602. The van der Waals surface area contributed by atoms with Gasteiger partial charge in [-0.2, -0.15) is 4.79 Å². The van der Waals surface area contributed by atoms with Crippen molar-refractivity contribution in [1.82, 2.24) is 0 Å². The molecular formula is C14H24N2. The molecule has 0 spiro atoms. The standard InChI is InChI=1S/C14H24N2/c15-16-14-11-7-3-6-10-13(14)12-8-4-1-2-5-9-12/h12-13H,1-11H2. The summed E-state index contributed by atoms with van der Waals surface area (Å²) in [5.41, 5.74) is 10.3. The summed E-state index contributed by atoms with van der Waals surface area (Å²) in [6.07, 6.45) is 14.5. The minimum absolute atomic E-state index is 0.602. The van der Waals surface area contributed by atoms with Gasteiger partial charge in [0.25, 0.3) is 5.71 Å². The van der Waals surface area contributed by atoms with E-state index in [0.717, 1.165) is 18.1 Å². The van der Waals surface area contributed by atoms with Gasteiger partial charge in [-0.3, -0.25) is 0 Å². The van der Waals surface area contributed by atoms with E-state index in [1.807, 2.05) is 0 Å². The quantitative estimate of drug-likeness (QED) is 0.360. The van der Waals surface area contributed by atoms with Gasteiger partial charge in [0.2, 0.25) is 0 Å². The van der Waals surface area contributed by atoms with E-state index in [9.17, 15) is 5.53 Å². The average Bonchev–Trinajstić information content (AvgIpc) is 2.70. The van der Waals surface area contributed by atoms with Crippen LogP contribution in [0.25, 0.3) is 5.53 Å². The molecule has 2 fully saturated rings. The van der Waals surface area contributed by atoms with Gasteiger partial charge in [0, 0.05) is 6.42 Å². The second-order valence-corrected chi connectivity index (χ2v) is 5.55. The molecule has 0 aromatic carbocycles. The molecule has 2 nitrogen and oxygen atoms in total. The molecule has 16 heavy (non-hydrogen) atoms. The molecule has 0 aromatic rings. The molecule has 0 aliphatic heterocycles. The van der Waals surface area contributed by atoms with Gasteiger partial charge >= 0.3 is 0 Å². The zero-order chi connectivity index (χ0) is 11.2. The molecule has 0 N–H and O–H groups in total. The van der Waals surface area contributed by atoms with Gasteiger partial charge in [-0.25, -0.2) is 0 Å². The number of hydrogen-bond acceptors (Lipinski definition) is 0. The molecule has 2 heteroatoms. The number of nitrogens with zero attached hydrogens (tertiary/aromatic N) is 2. The minimum Gasteiger partial charge on any atom is -0.362 e. The maximum absolute atomic E-state index is 9.18. The first-order valence-corrected chi connectivity index (χ1v) is 7.12. The Balaban J connectivity index is 2.05. The molecule has 2 saturated carbocycles. The molecule has 0 aromatic heterocycles. The van der Waals surface area contributed by atoms with Gasteiger partial charge in [0.05, 0.1) is 5.92 Å². The van der Waals surface area contributed by atoms with E-state index in [4.69, 9.17) is 0 Å². The Morgan fingerprint density at radius 1 is 0.812 bits per heavy atom. The summed E-state index contributed by atoms with van der Waals surface area (Å²) in [6.45, 7) is 0. The Kier molecular flexibility index (Phi) is 4.59. The molecule has 0 heterocycles. The molecule has 2 aliphatic rings. The lowest BCUT2D eigenvalue weighted by Crippen LogP contribution is -2.23. The molecule has 0 amide bonds. The highest BCUT2D eigenvalue weighted by atomic mass is 14.9. The molecular weight excluding hydrogens is 196 g/mol. The van der Waals surface area contributed by atoms with Gasteiger partial charge in [-0.1, -0.05) is 38.5 Å². The van der Waals surface area contributed by atoms with Crippen molar-refractivity contribution >= 4 is 5.71 Å². The van der Waals surface area contributed by atoms with E-state index in [1.54, 1.807) is 0 Å². The zero-order valence-corrected chi connectivity index (χ0v) is 10.3. The first kappa shape index (κ1) is 11.9. The van der Waals surface area contributed by atoms with Crippen LogP contribution in [0.3, 0.4) is 0 Å². The van der Waals surface area contributed by atoms with Crippen molar-refractivity contribution in [2.24, 2.45) is 11.8 Å². The second-order valence-electron chi connectivity index (χ2n) is 5.55. The van der Waals surface area contributed by atoms with E-state index in [-0.39, 0.29) is 0 Å². The summed E-state index contributed by atoms with van der Waals surface area (Å²) in [4.78, 5) is 3.61. The molecule has 2 aliphatic carbocycles. The van der Waals surface area contributed by atoms with Crippen LogP contribution < -0.4 is 0 Å².